The second-order valence-corrected chi connectivity index (χ2v) is 9.95. The molecule has 0 bridgehead atoms. The summed E-state index contributed by atoms with van der Waals surface area (Å²) in [6.45, 7) is 2.12. The van der Waals surface area contributed by atoms with Crippen LogP contribution >= 0.6 is 11.6 Å². The highest BCUT2D eigenvalue weighted by molar-refractivity contribution is 6.31. The SMILES string of the molecule is COCCCNC(=O)N1CC2(C1)C(=O)N(Cc1nc3ccc(Cl)cc3n1CCCCF)c1cnccc12. The van der Waals surface area contributed by atoms with Crippen molar-refractivity contribution in [3.63, 3.8) is 0 Å². The van der Waals surface area contributed by atoms with Gasteiger partial charge in [0.05, 0.1) is 36.1 Å². The van der Waals surface area contributed by atoms with Gasteiger partial charge in [0.25, 0.3) is 0 Å². The van der Waals surface area contributed by atoms with Gasteiger partial charge >= 0.3 is 6.03 Å². The van der Waals surface area contributed by atoms with Gasteiger partial charge in [-0.15, -0.1) is 0 Å². The minimum Gasteiger partial charge on any atom is -0.385 e. The van der Waals surface area contributed by atoms with E-state index in [1.807, 2.05) is 22.8 Å². The molecule has 0 aliphatic carbocycles. The molecule has 5 rings (SSSR count). The number of likely N-dealkylation sites (tertiary alicyclic amines) is 1. The van der Waals surface area contributed by atoms with Crippen LogP contribution in [0, 0.1) is 0 Å². The van der Waals surface area contributed by atoms with Crippen LogP contribution in [0.3, 0.4) is 0 Å². The number of fused-ring (bicyclic) bond motifs is 3. The van der Waals surface area contributed by atoms with Crippen LogP contribution in [-0.4, -0.2) is 71.4 Å². The van der Waals surface area contributed by atoms with E-state index in [1.54, 1.807) is 35.4 Å². The lowest BCUT2D eigenvalue weighted by molar-refractivity contribution is -0.127. The Morgan fingerprint density at radius 2 is 2.08 bits per heavy atom. The molecule has 2 aliphatic rings. The van der Waals surface area contributed by atoms with Crippen LogP contribution in [0.4, 0.5) is 14.9 Å². The molecular weight excluding hydrogens is 499 g/mol. The number of carbonyl (C=O) groups is 2. The summed E-state index contributed by atoms with van der Waals surface area (Å²) in [6, 6.07) is 7.16. The Morgan fingerprint density at radius 3 is 2.86 bits per heavy atom. The highest BCUT2D eigenvalue weighted by Crippen LogP contribution is 2.47. The van der Waals surface area contributed by atoms with Gasteiger partial charge in [0.2, 0.25) is 5.91 Å². The number of urea groups is 1. The van der Waals surface area contributed by atoms with E-state index >= 15 is 0 Å². The molecule has 2 aromatic heterocycles. The molecule has 1 N–H and O–H groups in total. The highest BCUT2D eigenvalue weighted by atomic mass is 35.5. The van der Waals surface area contributed by atoms with E-state index in [-0.39, 0.29) is 25.2 Å². The average Bonchev–Trinajstić information content (AvgIpc) is 3.33. The molecule has 1 spiro atoms. The zero-order valence-corrected chi connectivity index (χ0v) is 21.5. The Kier molecular flexibility index (Phi) is 7.30. The van der Waals surface area contributed by atoms with Gasteiger partial charge in [0, 0.05) is 51.1 Å². The maximum atomic E-state index is 13.9. The molecule has 3 amide bonds. The van der Waals surface area contributed by atoms with Crippen molar-refractivity contribution in [3.8, 4) is 0 Å². The van der Waals surface area contributed by atoms with Crippen molar-refractivity contribution in [2.45, 2.75) is 37.8 Å². The smallest absolute Gasteiger partial charge is 0.317 e. The number of anilines is 1. The number of halogens is 2. The Bertz CT molecular complexity index is 1310. The molecule has 37 heavy (non-hydrogen) atoms. The van der Waals surface area contributed by atoms with Crippen molar-refractivity contribution < 1.29 is 18.7 Å². The maximum absolute atomic E-state index is 13.9. The van der Waals surface area contributed by atoms with E-state index < -0.39 is 5.41 Å². The Hall–Kier alpha value is -3.24. The monoisotopic (exact) mass is 528 g/mol. The standard InChI is InChI=1S/C26H30ClFN6O3/c1-37-12-4-9-30-25(36)32-16-26(17-32)19-7-10-29-14-22(19)34(24(26)35)15-23-31-20-6-5-18(27)13-21(20)33(23)11-3-2-8-28/h5-7,10,13-14H,2-4,8-9,11-12,15-17H2,1H3,(H,30,36). The molecule has 2 aliphatic heterocycles. The molecule has 0 atom stereocenters. The first kappa shape index (κ1) is 25.4. The molecule has 3 aromatic rings. The third kappa shape index (κ3) is 4.64. The van der Waals surface area contributed by atoms with Crippen LogP contribution < -0.4 is 10.2 Å². The second-order valence-electron chi connectivity index (χ2n) is 9.51. The first-order chi connectivity index (χ1) is 18.0. The van der Waals surface area contributed by atoms with Gasteiger partial charge in [0.15, 0.2) is 0 Å². The Labute approximate surface area is 219 Å². The zero-order valence-electron chi connectivity index (χ0n) is 20.8. The molecule has 11 heteroatoms. The van der Waals surface area contributed by atoms with Crippen LogP contribution in [0.25, 0.3) is 11.0 Å². The first-order valence-electron chi connectivity index (χ1n) is 12.5. The number of hydrogen-bond donors (Lipinski definition) is 1. The number of amides is 3. The molecule has 0 unspecified atom stereocenters. The number of hydrogen-bond acceptors (Lipinski definition) is 5. The number of aromatic nitrogens is 3. The lowest BCUT2D eigenvalue weighted by Crippen LogP contribution is -2.66. The number of aryl methyl sites for hydroxylation is 1. The quantitative estimate of drug-likeness (QED) is 0.405. The molecule has 9 nitrogen and oxygen atoms in total. The van der Waals surface area contributed by atoms with E-state index in [9.17, 15) is 14.0 Å². The van der Waals surface area contributed by atoms with E-state index in [2.05, 4.69) is 10.3 Å². The molecule has 1 aromatic carbocycles. The van der Waals surface area contributed by atoms with Crippen LogP contribution in [0.5, 0.6) is 0 Å². The van der Waals surface area contributed by atoms with E-state index in [1.165, 1.54) is 0 Å². The number of imidazole rings is 1. The number of alkyl halides is 1. The number of rotatable bonds is 10. The van der Waals surface area contributed by atoms with Crippen molar-refractivity contribution in [2.75, 3.05) is 44.9 Å². The van der Waals surface area contributed by atoms with E-state index in [4.69, 9.17) is 21.3 Å². The lowest BCUT2D eigenvalue weighted by Gasteiger charge is -2.46. The minimum atomic E-state index is -0.795. The van der Waals surface area contributed by atoms with Crippen molar-refractivity contribution in [1.82, 2.24) is 24.8 Å². The van der Waals surface area contributed by atoms with Crippen LogP contribution in [0.15, 0.2) is 36.7 Å². The number of methoxy groups -OCH3 is 1. The van der Waals surface area contributed by atoms with Gasteiger partial charge in [-0.3, -0.25) is 14.2 Å². The Morgan fingerprint density at radius 1 is 1.24 bits per heavy atom. The summed E-state index contributed by atoms with van der Waals surface area (Å²) in [4.78, 5) is 38.9. The first-order valence-corrected chi connectivity index (χ1v) is 12.8. The molecular formula is C26H30ClFN6O3. The largest absolute Gasteiger partial charge is 0.385 e. The van der Waals surface area contributed by atoms with Gasteiger partial charge in [0.1, 0.15) is 11.2 Å². The number of nitrogens with zero attached hydrogens (tertiary/aromatic N) is 5. The van der Waals surface area contributed by atoms with Gasteiger partial charge < -0.3 is 24.4 Å². The van der Waals surface area contributed by atoms with Crippen molar-refractivity contribution in [2.24, 2.45) is 0 Å². The summed E-state index contributed by atoms with van der Waals surface area (Å²) in [6.07, 6.45) is 5.19. The van der Waals surface area contributed by atoms with E-state index in [0.29, 0.717) is 56.5 Å². The van der Waals surface area contributed by atoms with Crippen LogP contribution in [0.2, 0.25) is 5.02 Å². The number of pyridine rings is 1. The molecule has 0 saturated carbocycles. The topological polar surface area (TPSA) is 92.6 Å². The van der Waals surface area contributed by atoms with Gasteiger partial charge in [-0.2, -0.15) is 0 Å². The predicted octanol–water partition coefficient (Wildman–Crippen LogP) is 3.68. The maximum Gasteiger partial charge on any atom is 0.317 e. The number of benzene rings is 1. The summed E-state index contributed by atoms with van der Waals surface area (Å²) in [5.41, 5.74) is 2.44. The van der Waals surface area contributed by atoms with Gasteiger partial charge in [-0.05, 0) is 49.1 Å². The van der Waals surface area contributed by atoms with Crippen molar-refractivity contribution >= 4 is 40.3 Å². The van der Waals surface area contributed by atoms with Crippen LogP contribution in [-0.2, 0) is 28.0 Å². The number of carbonyl (C=O) groups excluding carboxylic acids is 2. The minimum absolute atomic E-state index is 0.0701. The molecule has 4 heterocycles. The molecule has 0 radical (unpaired) electrons. The Balaban J connectivity index is 1.39. The molecule has 196 valence electrons. The third-order valence-electron chi connectivity index (χ3n) is 7.13. The van der Waals surface area contributed by atoms with Crippen LogP contribution in [0.1, 0.15) is 30.7 Å². The summed E-state index contributed by atoms with van der Waals surface area (Å²) in [7, 11) is 1.62. The number of ether oxygens (including phenoxy) is 1. The number of nitrogens with one attached hydrogen (secondary N) is 1. The summed E-state index contributed by atoms with van der Waals surface area (Å²) < 4.78 is 19.9. The zero-order chi connectivity index (χ0) is 26.0. The fraction of sp³-hybridized carbons (Fsp3) is 0.462. The third-order valence-corrected chi connectivity index (χ3v) is 7.36. The number of unbranched alkanes of at least 4 members (excludes halogenated alkanes) is 1. The van der Waals surface area contributed by atoms with Gasteiger partial charge in [-0.1, -0.05) is 11.6 Å². The summed E-state index contributed by atoms with van der Waals surface area (Å²) in [5, 5.41) is 3.48. The second kappa shape index (κ2) is 10.6. The van der Waals surface area contributed by atoms with Crippen molar-refractivity contribution in [1.29, 1.82) is 0 Å². The highest BCUT2D eigenvalue weighted by Gasteiger charge is 2.59. The molecule has 1 fully saturated rings. The summed E-state index contributed by atoms with van der Waals surface area (Å²) in [5.74, 6) is 0.628. The molecule has 1 saturated heterocycles. The fourth-order valence-corrected chi connectivity index (χ4v) is 5.41. The normalized spacial score (nSPS) is 15.9. The van der Waals surface area contributed by atoms with E-state index in [0.717, 1.165) is 28.7 Å². The lowest BCUT2D eigenvalue weighted by atomic mass is 9.75. The van der Waals surface area contributed by atoms with Crippen molar-refractivity contribution in [3.05, 3.63) is 53.1 Å². The summed E-state index contributed by atoms with van der Waals surface area (Å²) >= 11 is 6.25. The van der Waals surface area contributed by atoms with Gasteiger partial charge in [-0.25, -0.2) is 9.78 Å². The average molecular weight is 529 g/mol. The fourth-order valence-electron chi connectivity index (χ4n) is 5.25. The predicted molar refractivity (Wildman–Crippen MR) is 139 cm³/mol.